The Bertz CT molecular complexity index is 621. The van der Waals surface area contributed by atoms with Crippen LogP contribution in [0.1, 0.15) is 39.2 Å². The quantitative estimate of drug-likeness (QED) is 0.802. The van der Waals surface area contributed by atoms with E-state index in [0.29, 0.717) is 22.6 Å². The van der Waals surface area contributed by atoms with Gasteiger partial charge in [-0.1, -0.05) is 38.5 Å². The molecule has 3 nitrogen and oxygen atoms in total. The summed E-state index contributed by atoms with van der Waals surface area (Å²) in [7, 11) is -3.33. The summed E-state index contributed by atoms with van der Waals surface area (Å²) in [4.78, 5) is 0.442. The number of fused-ring (bicyclic) bond motifs is 1. The van der Waals surface area contributed by atoms with Crippen molar-refractivity contribution in [3.8, 4) is 0 Å². The van der Waals surface area contributed by atoms with Crippen molar-refractivity contribution in [3.63, 3.8) is 0 Å². The standard InChI is InChI=1S/C17H25NO2S/c1-11(2)15-10-7-13(4)16-17(15)18(16)21(19,20)14-8-5-12(3)6-9-14/h5-6,8-9,11,13,15-17H,7,10H2,1-4H3/t13-,15+,16-,17+,18?/m1/s1. The van der Waals surface area contributed by atoms with Gasteiger partial charge in [-0.15, -0.1) is 0 Å². The number of benzene rings is 1. The van der Waals surface area contributed by atoms with Crippen LogP contribution in [0.4, 0.5) is 0 Å². The molecule has 2 fully saturated rings. The first kappa shape index (κ1) is 15.0. The summed E-state index contributed by atoms with van der Waals surface area (Å²) in [5.74, 6) is 1.53. The second-order valence-electron chi connectivity index (χ2n) is 7.09. The van der Waals surface area contributed by atoms with Gasteiger partial charge < -0.3 is 0 Å². The molecule has 21 heavy (non-hydrogen) atoms. The maximum Gasteiger partial charge on any atom is 0.243 e. The summed E-state index contributed by atoms with van der Waals surface area (Å²) in [6.45, 7) is 8.60. The lowest BCUT2D eigenvalue weighted by Crippen LogP contribution is -2.26. The molecule has 1 saturated heterocycles. The van der Waals surface area contributed by atoms with Gasteiger partial charge in [0.05, 0.1) is 4.90 Å². The Morgan fingerprint density at radius 1 is 1.10 bits per heavy atom. The van der Waals surface area contributed by atoms with Crippen LogP contribution in [0.2, 0.25) is 0 Å². The highest BCUT2D eigenvalue weighted by Crippen LogP contribution is 2.52. The zero-order valence-electron chi connectivity index (χ0n) is 13.3. The molecule has 0 spiro atoms. The highest BCUT2D eigenvalue weighted by atomic mass is 32.2. The number of hydrogen-bond donors (Lipinski definition) is 0. The Morgan fingerprint density at radius 3 is 2.29 bits per heavy atom. The van der Waals surface area contributed by atoms with Crippen molar-refractivity contribution in [2.24, 2.45) is 17.8 Å². The van der Waals surface area contributed by atoms with E-state index < -0.39 is 10.0 Å². The van der Waals surface area contributed by atoms with Crippen LogP contribution in [0, 0.1) is 24.7 Å². The molecule has 0 N–H and O–H groups in total. The molecule has 1 heterocycles. The van der Waals surface area contributed by atoms with Crippen LogP contribution in [-0.4, -0.2) is 24.8 Å². The van der Waals surface area contributed by atoms with Crippen LogP contribution in [0.25, 0.3) is 0 Å². The first-order chi connectivity index (χ1) is 9.84. The van der Waals surface area contributed by atoms with Crippen molar-refractivity contribution >= 4 is 10.0 Å². The fourth-order valence-electron chi connectivity index (χ4n) is 3.95. The summed E-state index contributed by atoms with van der Waals surface area (Å²) in [6.07, 6.45) is 2.30. The van der Waals surface area contributed by atoms with E-state index in [4.69, 9.17) is 0 Å². The highest BCUT2D eigenvalue weighted by molar-refractivity contribution is 7.89. The second-order valence-corrected chi connectivity index (χ2v) is 8.93. The van der Waals surface area contributed by atoms with Crippen LogP contribution in [0.15, 0.2) is 29.2 Å². The maximum atomic E-state index is 12.9. The first-order valence-electron chi connectivity index (χ1n) is 7.94. The van der Waals surface area contributed by atoms with Crippen molar-refractivity contribution in [2.75, 3.05) is 0 Å². The monoisotopic (exact) mass is 307 g/mol. The molecule has 0 radical (unpaired) electrons. The molecular weight excluding hydrogens is 282 g/mol. The van der Waals surface area contributed by atoms with Gasteiger partial charge in [0.2, 0.25) is 10.0 Å². The molecule has 3 rings (SSSR count). The zero-order chi connectivity index (χ0) is 15.4. The number of nitrogens with zero attached hydrogens (tertiary/aromatic N) is 1. The van der Waals surface area contributed by atoms with Crippen molar-refractivity contribution in [3.05, 3.63) is 29.8 Å². The molecule has 5 atom stereocenters. The Labute approximate surface area is 128 Å². The highest BCUT2D eigenvalue weighted by Gasteiger charge is 2.62. The first-order valence-corrected chi connectivity index (χ1v) is 9.38. The number of rotatable bonds is 3. The van der Waals surface area contributed by atoms with Gasteiger partial charge in [0.1, 0.15) is 0 Å². The van der Waals surface area contributed by atoms with E-state index in [-0.39, 0.29) is 12.1 Å². The lowest BCUT2D eigenvalue weighted by molar-refractivity contribution is 0.274. The third-order valence-electron chi connectivity index (χ3n) is 5.28. The molecule has 116 valence electrons. The molecule has 0 aromatic heterocycles. The molecular formula is C17H25NO2S. The van der Waals surface area contributed by atoms with E-state index in [0.717, 1.165) is 18.4 Å². The van der Waals surface area contributed by atoms with Gasteiger partial charge in [0.15, 0.2) is 0 Å². The molecule has 1 aliphatic carbocycles. The normalized spacial score (nSPS) is 35.6. The fourth-order valence-corrected chi connectivity index (χ4v) is 5.88. The smallest absolute Gasteiger partial charge is 0.207 e. The van der Waals surface area contributed by atoms with E-state index in [1.807, 2.05) is 19.1 Å². The summed E-state index contributed by atoms with van der Waals surface area (Å²) >= 11 is 0. The van der Waals surface area contributed by atoms with Gasteiger partial charge in [-0.05, 0) is 49.7 Å². The minimum atomic E-state index is -3.33. The Morgan fingerprint density at radius 2 is 1.71 bits per heavy atom. The van der Waals surface area contributed by atoms with Crippen LogP contribution in [0.5, 0.6) is 0 Å². The summed E-state index contributed by atoms with van der Waals surface area (Å²) in [5.41, 5.74) is 1.09. The Balaban J connectivity index is 1.92. The van der Waals surface area contributed by atoms with Crippen LogP contribution >= 0.6 is 0 Å². The predicted octanol–water partition coefficient (Wildman–Crippen LogP) is 3.44. The molecule has 1 unspecified atom stereocenters. The average Bonchev–Trinajstić information content (AvgIpc) is 3.16. The maximum absolute atomic E-state index is 12.9. The van der Waals surface area contributed by atoms with E-state index in [9.17, 15) is 8.42 Å². The summed E-state index contributed by atoms with van der Waals surface area (Å²) in [6, 6.07) is 7.68. The van der Waals surface area contributed by atoms with Gasteiger partial charge in [-0.2, -0.15) is 4.31 Å². The van der Waals surface area contributed by atoms with Gasteiger partial charge in [0, 0.05) is 12.1 Å². The molecule has 1 saturated carbocycles. The van der Waals surface area contributed by atoms with Gasteiger partial charge in [0.25, 0.3) is 0 Å². The number of aryl methyl sites for hydroxylation is 1. The lowest BCUT2D eigenvalue weighted by atomic mass is 9.78. The molecule has 1 aliphatic heterocycles. The summed E-state index contributed by atoms with van der Waals surface area (Å²) < 4.78 is 27.6. The van der Waals surface area contributed by atoms with E-state index in [2.05, 4.69) is 20.8 Å². The zero-order valence-corrected chi connectivity index (χ0v) is 14.1. The second kappa shape index (κ2) is 5.10. The van der Waals surface area contributed by atoms with E-state index in [1.54, 1.807) is 16.4 Å². The SMILES string of the molecule is Cc1ccc(S(=O)(=O)N2[C@@H]3[C@H]2[C@H](C)CC[C@H]3C(C)C)cc1. The topological polar surface area (TPSA) is 37.1 Å². The van der Waals surface area contributed by atoms with Crippen LogP contribution < -0.4 is 0 Å². The van der Waals surface area contributed by atoms with Crippen molar-refractivity contribution in [1.82, 2.24) is 4.31 Å². The minimum absolute atomic E-state index is 0.220. The fraction of sp³-hybridized carbons (Fsp3) is 0.647. The van der Waals surface area contributed by atoms with Gasteiger partial charge >= 0.3 is 0 Å². The lowest BCUT2D eigenvalue weighted by Gasteiger charge is -2.26. The Kier molecular flexibility index (Phi) is 3.65. The third-order valence-corrected chi connectivity index (χ3v) is 7.19. The third kappa shape index (κ3) is 2.42. The van der Waals surface area contributed by atoms with E-state index >= 15 is 0 Å². The minimum Gasteiger partial charge on any atom is -0.207 e. The average molecular weight is 307 g/mol. The molecule has 2 aliphatic rings. The largest absolute Gasteiger partial charge is 0.243 e. The van der Waals surface area contributed by atoms with Crippen molar-refractivity contribution in [2.45, 2.75) is 57.5 Å². The molecule has 0 bridgehead atoms. The number of hydrogen-bond acceptors (Lipinski definition) is 2. The molecule has 1 aromatic rings. The Hall–Kier alpha value is -0.870. The van der Waals surface area contributed by atoms with Gasteiger partial charge in [-0.3, -0.25) is 0 Å². The van der Waals surface area contributed by atoms with Crippen LogP contribution in [-0.2, 0) is 10.0 Å². The van der Waals surface area contributed by atoms with E-state index in [1.165, 1.54) is 0 Å². The molecule has 0 amide bonds. The van der Waals surface area contributed by atoms with Gasteiger partial charge in [-0.25, -0.2) is 8.42 Å². The van der Waals surface area contributed by atoms with Crippen molar-refractivity contribution in [1.29, 1.82) is 0 Å². The molecule has 4 heteroatoms. The summed E-state index contributed by atoms with van der Waals surface area (Å²) in [5, 5.41) is 0. The molecule has 1 aromatic carbocycles. The van der Waals surface area contributed by atoms with Crippen molar-refractivity contribution < 1.29 is 8.42 Å². The number of sulfonamides is 1. The van der Waals surface area contributed by atoms with Crippen LogP contribution in [0.3, 0.4) is 0 Å². The predicted molar refractivity (Wildman–Crippen MR) is 84.5 cm³/mol.